The monoisotopic (exact) mass is 456 g/mol. The molecule has 0 radical (unpaired) electrons. The molecule has 0 bridgehead atoms. The van der Waals surface area contributed by atoms with Crippen LogP contribution in [0.25, 0.3) is 0 Å². The second-order valence-corrected chi connectivity index (χ2v) is 9.05. The molecule has 2 rings (SSSR count). The lowest BCUT2D eigenvalue weighted by molar-refractivity contribution is -0.117. The summed E-state index contributed by atoms with van der Waals surface area (Å²) in [5.74, 6) is 1.19. The Morgan fingerprint density at radius 2 is 1.73 bits per heavy atom. The Bertz CT molecular complexity index is 1030. The summed E-state index contributed by atoms with van der Waals surface area (Å²) < 4.78 is 39.6. The molecule has 0 aliphatic rings. The molecule has 0 atom stereocenters. The van der Waals surface area contributed by atoms with E-state index in [1.54, 1.807) is 18.0 Å². The van der Waals surface area contributed by atoms with Crippen LogP contribution >= 0.6 is 11.6 Å². The summed E-state index contributed by atoms with van der Waals surface area (Å²) in [5, 5.41) is 2.91. The molecule has 0 spiro atoms. The number of halogens is 1. The standard InChI is InChI=1S/C20H25ClN2O6S/c1-23(11-13-6-9-17(27-2)20(29-4)19(13)28-3)12-18(24)22-16-10-14(30(5,25)26)7-8-15(16)21/h6-10H,11-12H2,1-5H3,(H,22,24). The van der Waals surface area contributed by atoms with Crippen LogP contribution in [0.1, 0.15) is 5.56 Å². The van der Waals surface area contributed by atoms with E-state index in [9.17, 15) is 13.2 Å². The minimum atomic E-state index is -3.42. The van der Waals surface area contributed by atoms with Crippen molar-refractivity contribution < 1.29 is 27.4 Å². The summed E-state index contributed by atoms with van der Waals surface area (Å²) >= 11 is 6.09. The lowest BCUT2D eigenvalue weighted by Crippen LogP contribution is -2.30. The Hall–Kier alpha value is -2.49. The average Bonchev–Trinajstić information content (AvgIpc) is 2.68. The molecular formula is C20H25ClN2O6S. The number of nitrogens with zero attached hydrogens (tertiary/aromatic N) is 1. The third kappa shape index (κ3) is 5.78. The minimum absolute atomic E-state index is 0.0386. The number of methoxy groups -OCH3 is 3. The van der Waals surface area contributed by atoms with Crippen LogP contribution in [0.4, 0.5) is 5.69 Å². The number of hydrogen-bond acceptors (Lipinski definition) is 7. The highest BCUT2D eigenvalue weighted by Crippen LogP contribution is 2.40. The summed E-state index contributed by atoms with van der Waals surface area (Å²) in [6, 6.07) is 7.77. The fourth-order valence-electron chi connectivity index (χ4n) is 2.90. The number of nitrogens with one attached hydrogen (secondary N) is 1. The van der Waals surface area contributed by atoms with Crippen molar-refractivity contribution in [1.82, 2.24) is 4.90 Å². The molecule has 1 amide bonds. The zero-order chi connectivity index (χ0) is 22.5. The Morgan fingerprint density at radius 1 is 1.07 bits per heavy atom. The van der Waals surface area contributed by atoms with Gasteiger partial charge in [0.15, 0.2) is 21.3 Å². The van der Waals surface area contributed by atoms with Crippen molar-refractivity contribution in [2.24, 2.45) is 0 Å². The zero-order valence-electron chi connectivity index (χ0n) is 17.5. The van der Waals surface area contributed by atoms with Crippen LogP contribution in [-0.4, -0.2) is 60.4 Å². The van der Waals surface area contributed by atoms with Gasteiger partial charge in [0.2, 0.25) is 11.7 Å². The van der Waals surface area contributed by atoms with Crippen molar-refractivity contribution in [3.05, 3.63) is 40.9 Å². The molecule has 2 aromatic rings. The highest BCUT2D eigenvalue weighted by molar-refractivity contribution is 7.90. The quantitative estimate of drug-likeness (QED) is 0.620. The minimum Gasteiger partial charge on any atom is -0.493 e. The molecule has 10 heteroatoms. The normalized spacial score (nSPS) is 11.3. The van der Waals surface area contributed by atoms with Crippen molar-refractivity contribution in [1.29, 1.82) is 0 Å². The fourth-order valence-corrected chi connectivity index (χ4v) is 3.71. The number of sulfone groups is 1. The summed E-state index contributed by atoms with van der Waals surface area (Å²) in [6.07, 6.45) is 1.09. The SMILES string of the molecule is COc1ccc(CN(C)CC(=O)Nc2cc(S(C)(=O)=O)ccc2Cl)c(OC)c1OC. The topological polar surface area (TPSA) is 94.2 Å². The van der Waals surface area contributed by atoms with Crippen LogP contribution < -0.4 is 19.5 Å². The van der Waals surface area contributed by atoms with Gasteiger partial charge in [0.25, 0.3) is 0 Å². The number of carbonyl (C=O) groups is 1. The zero-order valence-corrected chi connectivity index (χ0v) is 19.1. The molecule has 0 heterocycles. The number of likely N-dealkylation sites (N-methyl/N-ethyl adjacent to an activating group) is 1. The predicted octanol–water partition coefficient (Wildman–Crippen LogP) is 2.84. The lowest BCUT2D eigenvalue weighted by atomic mass is 10.1. The maximum absolute atomic E-state index is 12.5. The van der Waals surface area contributed by atoms with Crippen LogP contribution in [0.5, 0.6) is 17.2 Å². The maximum atomic E-state index is 12.5. The second kappa shape index (κ2) is 10.0. The molecule has 30 heavy (non-hydrogen) atoms. The average molecular weight is 457 g/mol. The highest BCUT2D eigenvalue weighted by atomic mass is 35.5. The Morgan fingerprint density at radius 3 is 2.30 bits per heavy atom. The Kier molecular flexibility index (Phi) is 7.94. The molecule has 0 saturated carbocycles. The van der Waals surface area contributed by atoms with Crippen LogP contribution in [-0.2, 0) is 21.2 Å². The number of hydrogen-bond donors (Lipinski definition) is 1. The molecule has 0 aliphatic carbocycles. The first kappa shape index (κ1) is 23.8. The number of benzene rings is 2. The first-order valence-electron chi connectivity index (χ1n) is 8.86. The number of carbonyl (C=O) groups excluding carboxylic acids is 1. The third-order valence-electron chi connectivity index (χ3n) is 4.28. The van der Waals surface area contributed by atoms with E-state index in [1.807, 2.05) is 6.07 Å². The van der Waals surface area contributed by atoms with Crippen LogP contribution in [0.15, 0.2) is 35.2 Å². The molecular weight excluding hydrogens is 432 g/mol. The summed E-state index contributed by atoms with van der Waals surface area (Å²) in [4.78, 5) is 14.3. The van der Waals surface area contributed by atoms with Crippen molar-refractivity contribution in [3.8, 4) is 17.2 Å². The van der Waals surface area contributed by atoms with Gasteiger partial charge in [-0.25, -0.2) is 8.42 Å². The van der Waals surface area contributed by atoms with Gasteiger partial charge in [0.05, 0.1) is 43.5 Å². The van der Waals surface area contributed by atoms with E-state index in [4.69, 9.17) is 25.8 Å². The van der Waals surface area contributed by atoms with E-state index in [2.05, 4.69) is 5.32 Å². The van der Waals surface area contributed by atoms with Crippen molar-refractivity contribution in [2.75, 3.05) is 46.5 Å². The first-order valence-corrected chi connectivity index (χ1v) is 11.1. The van der Waals surface area contributed by atoms with Crippen molar-refractivity contribution in [3.63, 3.8) is 0 Å². The van der Waals surface area contributed by atoms with Gasteiger partial charge in [-0.2, -0.15) is 0 Å². The van der Waals surface area contributed by atoms with Crippen LogP contribution in [0, 0.1) is 0 Å². The molecule has 2 aromatic carbocycles. The summed E-state index contributed by atoms with van der Waals surface area (Å²) in [6.45, 7) is 0.436. The van der Waals surface area contributed by atoms with E-state index in [0.29, 0.717) is 23.8 Å². The van der Waals surface area contributed by atoms with E-state index in [1.165, 1.54) is 39.5 Å². The van der Waals surface area contributed by atoms with E-state index < -0.39 is 9.84 Å². The van der Waals surface area contributed by atoms with Crippen molar-refractivity contribution >= 4 is 33.0 Å². The number of ether oxygens (including phenoxy) is 3. The second-order valence-electron chi connectivity index (χ2n) is 6.63. The van der Waals surface area contributed by atoms with Gasteiger partial charge in [0, 0.05) is 18.4 Å². The summed E-state index contributed by atoms with van der Waals surface area (Å²) in [5.41, 5.74) is 1.05. The van der Waals surface area contributed by atoms with Gasteiger partial charge < -0.3 is 19.5 Å². The van der Waals surface area contributed by atoms with Crippen molar-refractivity contribution in [2.45, 2.75) is 11.4 Å². The van der Waals surface area contributed by atoms with Gasteiger partial charge in [0.1, 0.15) is 0 Å². The fraction of sp³-hybridized carbons (Fsp3) is 0.350. The predicted molar refractivity (Wildman–Crippen MR) is 116 cm³/mol. The van der Waals surface area contributed by atoms with Crippen LogP contribution in [0.2, 0.25) is 5.02 Å². The maximum Gasteiger partial charge on any atom is 0.238 e. The van der Waals surface area contributed by atoms with E-state index in [-0.39, 0.29) is 28.1 Å². The lowest BCUT2D eigenvalue weighted by Gasteiger charge is -2.20. The molecule has 164 valence electrons. The number of anilines is 1. The largest absolute Gasteiger partial charge is 0.493 e. The molecule has 0 unspecified atom stereocenters. The highest BCUT2D eigenvalue weighted by Gasteiger charge is 2.18. The molecule has 1 N–H and O–H groups in total. The Balaban J connectivity index is 2.13. The molecule has 8 nitrogen and oxygen atoms in total. The molecule has 0 aliphatic heterocycles. The first-order chi connectivity index (χ1) is 14.1. The molecule has 0 fully saturated rings. The number of rotatable bonds is 9. The summed E-state index contributed by atoms with van der Waals surface area (Å²) in [7, 11) is 2.94. The molecule has 0 aromatic heterocycles. The van der Waals surface area contributed by atoms with E-state index in [0.717, 1.165) is 11.8 Å². The smallest absolute Gasteiger partial charge is 0.238 e. The molecule has 0 saturated heterocycles. The van der Waals surface area contributed by atoms with Gasteiger partial charge >= 0.3 is 0 Å². The third-order valence-corrected chi connectivity index (χ3v) is 5.72. The van der Waals surface area contributed by atoms with E-state index >= 15 is 0 Å². The van der Waals surface area contributed by atoms with Gasteiger partial charge in [-0.1, -0.05) is 17.7 Å². The number of amides is 1. The van der Waals surface area contributed by atoms with Gasteiger partial charge in [-0.3, -0.25) is 9.69 Å². The van der Waals surface area contributed by atoms with Gasteiger partial charge in [-0.05, 0) is 31.3 Å². The Labute approximate surface area is 181 Å². The van der Waals surface area contributed by atoms with Gasteiger partial charge in [-0.15, -0.1) is 0 Å². The van der Waals surface area contributed by atoms with Crippen LogP contribution in [0.3, 0.4) is 0 Å².